The van der Waals surface area contributed by atoms with E-state index in [1.807, 2.05) is 31.2 Å². The van der Waals surface area contributed by atoms with Crippen LogP contribution in [0.2, 0.25) is 5.02 Å². The maximum Gasteiger partial charge on any atom is 0.261 e. The first-order valence-corrected chi connectivity index (χ1v) is 11.9. The van der Waals surface area contributed by atoms with E-state index < -0.39 is 10.0 Å². The molecule has 1 amide bonds. The first kappa shape index (κ1) is 22.8. The number of benzene rings is 3. The zero-order chi connectivity index (χ0) is 22.4. The normalized spacial score (nSPS) is 11.2. The highest BCUT2D eigenvalue weighted by molar-refractivity contribution is 7.92. The van der Waals surface area contributed by atoms with E-state index in [-0.39, 0.29) is 21.5 Å². The van der Waals surface area contributed by atoms with E-state index >= 15 is 0 Å². The average molecular weight is 457 g/mol. The third kappa shape index (κ3) is 6.09. The van der Waals surface area contributed by atoms with Crippen LogP contribution in [0.25, 0.3) is 0 Å². The number of anilines is 2. The van der Waals surface area contributed by atoms with Crippen molar-refractivity contribution in [1.29, 1.82) is 0 Å². The summed E-state index contributed by atoms with van der Waals surface area (Å²) in [4.78, 5) is 12.7. The molecule has 0 saturated carbocycles. The number of nitrogens with one attached hydrogen (secondary N) is 2. The van der Waals surface area contributed by atoms with E-state index in [2.05, 4.69) is 17.0 Å². The number of unbranched alkanes of at least 4 members (excludes halogenated alkanes) is 1. The number of amides is 1. The lowest BCUT2D eigenvalue weighted by Gasteiger charge is -2.12. The van der Waals surface area contributed by atoms with Gasteiger partial charge in [-0.05, 0) is 67.8 Å². The first-order chi connectivity index (χ1) is 14.8. The summed E-state index contributed by atoms with van der Waals surface area (Å²) in [6.07, 6.45) is 3.28. The zero-order valence-corrected chi connectivity index (χ0v) is 19.1. The van der Waals surface area contributed by atoms with Gasteiger partial charge in [0.05, 0.1) is 15.6 Å². The summed E-state index contributed by atoms with van der Waals surface area (Å²) in [7, 11) is -3.78. The fourth-order valence-corrected chi connectivity index (χ4v) is 4.36. The number of carbonyl (C=O) groups excluding carboxylic acids is 1. The number of hydrogen-bond donors (Lipinski definition) is 2. The van der Waals surface area contributed by atoms with Gasteiger partial charge in [0.25, 0.3) is 15.9 Å². The average Bonchev–Trinajstić information content (AvgIpc) is 2.75. The van der Waals surface area contributed by atoms with E-state index in [0.717, 1.165) is 24.8 Å². The van der Waals surface area contributed by atoms with Gasteiger partial charge in [0.2, 0.25) is 0 Å². The van der Waals surface area contributed by atoms with Crippen molar-refractivity contribution in [2.75, 3.05) is 10.0 Å². The Labute approximate surface area is 188 Å². The summed E-state index contributed by atoms with van der Waals surface area (Å²) >= 11 is 6.26. The molecule has 0 aliphatic rings. The molecule has 0 unspecified atom stereocenters. The second kappa shape index (κ2) is 9.98. The summed E-state index contributed by atoms with van der Waals surface area (Å²) in [5.41, 5.74) is 3.42. The quantitative estimate of drug-likeness (QED) is 0.433. The van der Waals surface area contributed by atoms with Gasteiger partial charge in [-0.2, -0.15) is 0 Å². The van der Waals surface area contributed by atoms with Crippen LogP contribution in [-0.4, -0.2) is 14.3 Å². The fraction of sp³-hybridized carbons (Fsp3) is 0.208. The second-order valence-electron chi connectivity index (χ2n) is 7.37. The predicted octanol–water partition coefficient (Wildman–Crippen LogP) is 6.04. The Hall–Kier alpha value is -2.83. The molecule has 2 N–H and O–H groups in total. The second-order valence-corrected chi connectivity index (χ2v) is 9.46. The maximum atomic E-state index is 12.6. The van der Waals surface area contributed by atoms with E-state index in [1.165, 1.54) is 35.9 Å². The molecule has 0 atom stereocenters. The van der Waals surface area contributed by atoms with Gasteiger partial charge in [0.15, 0.2) is 0 Å². The van der Waals surface area contributed by atoms with Crippen molar-refractivity contribution >= 4 is 38.9 Å². The van der Waals surface area contributed by atoms with Crippen molar-refractivity contribution < 1.29 is 13.2 Å². The number of aryl methyl sites for hydroxylation is 2. The zero-order valence-electron chi connectivity index (χ0n) is 17.5. The summed E-state index contributed by atoms with van der Waals surface area (Å²) in [6, 6.07) is 18.7. The fourth-order valence-electron chi connectivity index (χ4n) is 3.00. The molecule has 3 aromatic carbocycles. The van der Waals surface area contributed by atoms with Gasteiger partial charge in [0.1, 0.15) is 0 Å². The van der Waals surface area contributed by atoms with Crippen molar-refractivity contribution in [3.8, 4) is 0 Å². The van der Waals surface area contributed by atoms with Gasteiger partial charge in [0, 0.05) is 11.3 Å². The Balaban J connectivity index is 1.69. The molecule has 3 rings (SSSR count). The minimum Gasteiger partial charge on any atom is -0.322 e. The highest BCUT2D eigenvalue weighted by Gasteiger charge is 2.17. The van der Waals surface area contributed by atoms with E-state index in [9.17, 15) is 13.2 Å². The molecule has 0 saturated heterocycles. The molecule has 31 heavy (non-hydrogen) atoms. The largest absolute Gasteiger partial charge is 0.322 e. The van der Waals surface area contributed by atoms with Crippen LogP contribution < -0.4 is 10.0 Å². The predicted molar refractivity (Wildman–Crippen MR) is 126 cm³/mol. The third-order valence-electron chi connectivity index (χ3n) is 4.84. The van der Waals surface area contributed by atoms with Crippen molar-refractivity contribution in [2.24, 2.45) is 0 Å². The molecule has 0 radical (unpaired) electrons. The van der Waals surface area contributed by atoms with Crippen molar-refractivity contribution in [1.82, 2.24) is 0 Å². The van der Waals surface area contributed by atoms with Crippen LogP contribution in [0.1, 0.15) is 41.3 Å². The molecule has 0 fully saturated rings. The molecule has 162 valence electrons. The lowest BCUT2D eigenvalue weighted by molar-refractivity contribution is 0.102. The van der Waals surface area contributed by atoms with Crippen LogP contribution in [0.5, 0.6) is 0 Å². The number of hydrogen-bond acceptors (Lipinski definition) is 3. The number of carbonyl (C=O) groups is 1. The lowest BCUT2D eigenvalue weighted by Crippen LogP contribution is -2.15. The molecular formula is C24H25ClN2O3S. The van der Waals surface area contributed by atoms with Gasteiger partial charge in [-0.15, -0.1) is 0 Å². The molecule has 0 aromatic heterocycles. The Morgan fingerprint density at radius 2 is 1.65 bits per heavy atom. The summed E-state index contributed by atoms with van der Waals surface area (Å²) in [5.74, 6) is -0.323. The topological polar surface area (TPSA) is 75.3 Å². The van der Waals surface area contributed by atoms with Gasteiger partial charge < -0.3 is 5.32 Å². The Bertz CT molecular complexity index is 1160. The Morgan fingerprint density at radius 3 is 2.26 bits per heavy atom. The minimum atomic E-state index is -3.78. The highest BCUT2D eigenvalue weighted by Crippen LogP contribution is 2.26. The van der Waals surface area contributed by atoms with Crippen LogP contribution in [0, 0.1) is 6.92 Å². The van der Waals surface area contributed by atoms with Gasteiger partial charge in [-0.1, -0.05) is 54.8 Å². The van der Waals surface area contributed by atoms with Crippen LogP contribution in [0.15, 0.2) is 71.6 Å². The first-order valence-electron chi connectivity index (χ1n) is 10.1. The summed E-state index contributed by atoms with van der Waals surface area (Å²) < 4.78 is 27.6. The summed E-state index contributed by atoms with van der Waals surface area (Å²) in [6.45, 7) is 4.03. The van der Waals surface area contributed by atoms with Crippen molar-refractivity contribution in [3.63, 3.8) is 0 Å². The monoisotopic (exact) mass is 456 g/mol. The smallest absolute Gasteiger partial charge is 0.261 e. The maximum absolute atomic E-state index is 12.6. The van der Waals surface area contributed by atoms with E-state index in [0.29, 0.717) is 11.3 Å². The Morgan fingerprint density at radius 1 is 0.968 bits per heavy atom. The molecule has 3 aromatic rings. The van der Waals surface area contributed by atoms with Gasteiger partial charge in [-0.3, -0.25) is 9.52 Å². The summed E-state index contributed by atoms with van der Waals surface area (Å²) in [5, 5.41) is 2.97. The van der Waals surface area contributed by atoms with E-state index in [1.54, 1.807) is 12.1 Å². The molecule has 0 heterocycles. The molecule has 5 nitrogen and oxygen atoms in total. The van der Waals surface area contributed by atoms with E-state index in [4.69, 9.17) is 11.6 Å². The number of halogens is 1. The molecular weight excluding hydrogens is 432 g/mol. The molecule has 0 bridgehead atoms. The van der Waals surface area contributed by atoms with Gasteiger partial charge >= 0.3 is 0 Å². The molecule has 0 aliphatic carbocycles. The minimum absolute atomic E-state index is 0.137. The van der Waals surface area contributed by atoms with Crippen LogP contribution in [-0.2, 0) is 16.4 Å². The standard InChI is InChI=1S/C24H25ClN2O3S/c1-3-4-5-18-8-11-20(12-9-18)26-24(28)19-10-15-23(22(25)16-19)27-31(29,30)21-13-6-17(2)7-14-21/h6-16,27H,3-5H2,1-2H3,(H,26,28). The van der Waals surface area contributed by atoms with Crippen LogP contribution in [0.3, 0.4) is 0 Å². The molecule has 0 spiro atoms. The lowest BCUT2D eigenvalue weighted by atomic mass is 10.1. The number of sulfonamides is 1. The SMILES string of the molecule is CCCCc1ccc(NC(=O)c2ccc(NS(=O)(=O)c3ccc(C)cc3)c(Cl)c2)cc1. The van der Waals surface area contributed by atoms with Crippen LogP contribution >= 0.6 is 11.6 Å². The molecule has 0 aliphatic heterocycles. The van der Waals surface area contributed by atoms with Gasteiger partial charge in [-0.25, -0.2) is 8.42 Å². The van der Waals surface area contributed by atoms with Crippen LogP contribution in [0.4, 0.5) is 11.4 Å². The Kier molecular flexibility index (Phi) is 7.36. The highest BCUT2D eigenvalue weighted by atomic mass is 35.5. The third-order valence-corrected chi connectivity index (χ3v) is 6.53. The molecule has 7 heteroatoms. The van der Waals surface area contributed by atoms with Crippen molar-refractivity contribution in [2.45, 2.75) is 38.0 Å². The number of rotatable bonds is 8. The van der Waals surface area contributed by atoms with Crippen molar-refractivity contribution in [3.05, 3.63) is 88.4 Å².